The average Bonchev–Trinajstić information content (AvgIpc) is 2.89. The highest BCUT2D eigenvalue weighted by molar-refractivity contribution is 7.99. The summed E-state index contributed by atoms with van der Waals surface area (Å²) in [5, 5.41) is 7.34. The van der Waals surface area contributed by atoms with Crippen LogP contribution in [0.3, 0.4) is 0 Å². The predicted molar refractivity (Wildman–Crippen MR) is 102 cm³/mol. The zero-order valence-corrected chi connectivity index (χ0v) is 16.8. The van der Waals surface area contributed by atoms with Crippen molar-refractivity contribution in [2.75, 3.05) is 26.0 Å². The molecule has 3 atom stereocenters. The molecule has 24 heavy (non-hydrogen) atoms. The Balaban J connectivity index is 2.29. The van der Waals surface area contributed by atoms with Gasteiger partial charge in [-0.05, 0) is 52.2 Å². The van der Waals surface area contributed by atoms with Crippen LogP contribution in [-0.2, 0) is 9.47 Å². The maximum atomic E-state index is 11.6. The number of alkyl carbamates (subject to hydrolysis) is 1. The van der Waals surface area contributed by atoms with Gasteiger partial charge >= 0.3 is 6.09 Å². The zero-order valence-electron chi connectivity index (χ0n) is 16.0. The van der Waals surface area contributed by atoms with Gasteiger partial charge in [0.05, 0.1) is 6.61 Å². The molecule has 1 aliphatic rings. The Kier molecular flexibility index (Phi) is 10.1. The lowest BCUT2D eigenvalue weighted by Gasteiger charge is -2.26. The molecule has 0 aromatic heterocycles. The molecule has 1 fully saturated rings. The molecule has 6 heteroatoms. The fraction of sp³-hybridized carbons (Fsp3) is 0.944. The number of hydrogen-bond donors (Lipinski definition) is 2. The normalized spacial score (nSPS) is 22.4. The van der Waals surface area contributed by atoms with Gasteiger partial charge in [0, 0.05) is 31.0 Å². The number of thioether (sulfide) groups is 1. The van der Waals surface area contributed by atoms with Crippen LogP contribution in [0.1, 0.15) is 59.8 Å². The van der Waals surface area contributed by atoms with Crippen molar-refractivity contribution in [3.05, 3.63) is 0 Å². The first kappa shape index (κ1) is 21.6. The van der Waals surface area contributed by atoms with E-state index in [2.05, 4.69) is 29.3 Å². The van der Waals surface area contributed by atoms with Gasteiger partial charge in [-0.15, -0.1) is 0 Å². The lowest BCUT2D eigenvalue weighted by molar-refractivity contribution is 0.0526. The van der Waals surface area contributed by atoms with E-state index in [4.69, 9.17) is 9.47 Å². The van der Waals surface area contributed by atoms with Crippen LogP contribution in [0.2, 0.25) is 0 Å². The van der Waals surface area contributed by atoms with Crippen LogP contribution in [0.25, 0.3) is 0 Å². The minimum atomic E-state index is -0.446. The molecule has 0 aliphatic heterocycles. The monoisotopic (exact) mass is 360 g/mol. The second-order valence-corrected chi connectivity index (χ2v) is 8.94. The van der Waals surface area contributed by atoms with Gasteiger partial charge in [-0.2, -0.15) is 11.8 Å². The van der Waals surface area contributed by atoms with Crippen LogP contribution in [0.15, 0.2) is 0 Å². The summed E-state index contributed by atoms with van der Waals surface area (Å²) in [6.07, 6.45) is 5.45. The summed E-state index contributed by atoms with van der Waals surface area (Å²) in [5.41, 5.74) is -0.446. The third-order valence-corrected chi connectivity index (χ3v) is 5.37. The van der Waals surface area contributed by atoms with E-state index >= 15 is 0 Å². The molecule has 0 heterocycles. The van der Waals surface area contributed by atoms with Crippen LogP contribution >= 0.6 is 11.8 Å². The number of hydrogen-bond acceptors (Lipinski definition) is 5. The molecule has 0 spiro atoms. The lowest BCUT2D eigenvalue weighted by atomic mass is 10.1. The molecule has 2 N–H and O–H groups in total. The Morgan fingerprint density at radius 3 is 2.71 bits per heavy atom. The van der Waals surface area contributed by atoms with Crippen molar-refractivity contribution < 1.29 is 14.3 Å². The second kappa shape index (κ2) is 11.2. The van der Waals surface area contributed by atoms with Gasteiger partial charge in [0.1, 0.15) is 5.60 Å². The molecular weight excluding hydrogens is 324 g/mol. The molecule has 0 radical (unpaired) electrons. The number of carbonyl (C=O) groups is 1. The van der Waals surface area contributed by atoms with E-state index in [1.807, 2.05) is 20.8 Å². The van der Waals surface area contributed by atoms with Crippen LogP contribution in [0.4, 0.5) is 4.79 Å². The average molecular weight is 361 g/mol. The van der Waals surface area contributed by atoms with Gasteiger partial charge in [0.25, 0.3) is 0 Å². The molecule has 1 amide bonds. The van der Waals surface area contributed by atoms with Gasteiger partial charge in [-0.1, -0.05) is 13.3 Å². The Labute approximate surface area is 152 Å². The minimum Gasteiger partial charge on any atom is -0.444 e. The summed E-state index contributed by atoms with van der Waals surface area (Å²) in [7, 11) is 1.75. The van der Waals surface area contributed by atoms with Crippen LogP contribution in [-0.4, -0.2) is 55.0 Å². The maximum absolute atomic E-state index is 11.6. The quantitative estimate of drug-likeness (QED) is 0.583. The molecular formula is C18H36N2O3S. The SMILES string of the molecule is CCSC1CCCC1NC(CCCNC(=O)OC(C)(C)C)COC. The smallest absolute Gasteiger partial charge is 0.407 e. The van der Waals surface area contributed by atoms with E-state index in [-0.39, 0.29) is 6.09 Å². The predicted octanol–water partition coefficient (Wildman–Crippen LogP) is 3.57. The number of methoxy groups -OCH3 is 1. The highest BCUT2D eigenvalue weighted by Crippen LogP contribution is 2.30. The van der Waals surface area contributed by atoms with E-state index in [0.29, 0.717) is 25.2 Å². The van der Waals surface area contributed by atoms with Crippen molar-refractivity contribution in [1.82, 2.24) is 10.6 Å². The van der Waals surface area contributed by atoms with Crippen molar-refractivity contribution in [2.45, 2.75) is 82.7 Å². The summed E-state index contributed by atoms with van der Waals surface area (Å²) < 4.78 is 10.6. The number of amides is 1. The van der Waals surface area contributed by atoms with E-state index in [1.54, 1.807) is 7.11 Å². The standard InChI is InChI=1S/C18H36N2O3S/c1-6-24-16-11-7-10-15(16)20-14(13-22-5)9-8-12-19-17(21)23-18(2,3)4/h14-16,20H,6-13H2,1-5H3,(H,19,21). The van der Waals surface area contributed by atoms with Gasteiger partial charge in [0.15, 0.2) is 0 Å². The van der Waals surface area contributed by atoms with E-state index in [9.17, 15) is 4.79 Å². The second-order valence-electron chi connectivity index (χ2n) is 7.42. The first-order chi connectivity index (χ1) is 11.4. The summed E-state index contributed by atoms with van der Waals surface area (Å²) in [6, 6.07) is 0.937. The molecule has 0 aromatic carbocycles. The van der Waals surface area contributed by atoms with Crippen molar-refractivity contribution in [1.29, 1.82) is 0 Å². The summed E-state index contributed by atoms with van der Waals surface area (Å²) >= 11 is 2.07. The van der Waals surface area contributed by atoms with Crippen molar-refractivity contribution in [3.8, 4) is 0 Å². The van der Waals surface area contributed by atoms with Gasteiger partial charge in [-0.25, -0.2) is 4.79 Å². The number of rotatable bonds is 10. The molecule has 0 saturated heterocycles. The molecule has 142 valence electrons. The van der Waals surface area contributed by atoms with Gasteiger partial charge < -0.3 is 20.1 Å². The molecule has 1 saturated carbocycles. The Hall–Kier alpha value is -0.460. The third kappa shape index (κ3) is 9.14. The third-order valence-electron chi connectivity index (χ3n) is 4.05. The van der Waals surface area contributed by atoms with Crippen LogP contribution in [0.5, 0.6) is 0 Å². The lowest BCUT2D eigenvalue weighted by Crippen LogP contribution is -2.44. The Bertz CT molecular complexity index is 361. The van der Waals surface area contributed by atoms with Gasteiger partial charge in [-0.3, -0.25) is 0 Å². The molecule has 0 bridgehead atoms. The molecule has 1 aliphatic carbocycles. The maximum Gasteiger partial charge on any atom is 0.407 e. The molecule has 5 nitrogen and oxygen atoms in total. The van der Waals surface area contributed by atoms with E-state index < -0.39 is 5.60 Å². The molecule has 1 rings (SSSR count). The summed E-state index contributed by atoms with van der Waals surface area (Å²) in [5.74, 6) is 1.18. The highest BCUT2D eigenvalue weighted by Gasteiger charge is 2.28. The fourth-order valence-corrected chi connectivity index (χ4v) is 4.31. The van der Waals surface area contributed by atoms with Crippen molar-refractivity contribution in [3.63, 3.8) is 0 Å². The Morgan fingerprint density at radius 1 is 1.33 bits per heavy atom. The zero-order chi connectivity index (χ0) is 18.0. The van der Waals surface area contributed by atoms with E-state index in [0.717, 1.165) is 18.1 Å². The van der Waals surface area contributed by atoms with Crippen molar-refractivity contribution in [2.24, 2.45) is 0 Å². The Morgan fingerprint density at radius 2 is 2.08 bits per heavy atom. The van der Waals surface area contributed by atoms with Crippen LogP contribution in [0, 0.1) is 0 Å². The topological polar surface area (TPSA) is 59.6 Å². The number of nitrogens with one attached hydrogen (secondary N) is 2. The summed E-state index contributed by atoms with van der Waals surface area (Å²) in [6.45, 7) is 9.20. The highest BCUT2D eigenvalue weighted by atomic mass is 32.2. The summed E-state index contributed by atoms with van der Waals surface area (Å²) in [4.78, 5) is 11.6. The number of ether oxygens (including phenoxy) is 2. The fourth-order valence-electron chi connectivity index (χ4n) is 3.10. The first-order valence-corrected chi connectivity index (χ1v) is 10.2. The van der Waals surface area contributed by atoms with Crippen molar-refractivity contribution >= 4 is 17.9 Å². The number of carbonyl (C=O) groups excluding carboxylic acids is 1. The molecule has 0 aromatic rings. The largest absolute Gasteiger partial charge is 0.444 e. The molecule has 3 unspecified atom stereocenters. The van der Waals surface area contributed by atoms with Crippen LogP contribution < -0.4 is 10.6 Å². The van der Waals surface area contributed by atoms with Gasteiger partial charge in [0.2, 0.25) is 0 Å². The van der Waals surface area contributed by atoms with E-state index in [1.165, 1.54) is 25.0 Å². The minimum absolute atomic E-state index is 0.339. The first-order valence-electron chi connectivity index (χ1n) is 9.19.